The number of hydrogen-bond acceptors (Lipinski definition) is 6. The molecule has 0 aliphatic heterocycles. The Morgan fingerprint density at radius 3 is 2.56 bits per heavy atom. The molecule has 0 unspecified atom stereocenters. The SMILES string of the molecule is CCCCSCSc1nc(-c2cccnc2)nc(-c2ccccc2)c1C#N. The summed E-state index contributed by atoms with van der Waals surface area (Å²) < 4.78 is 0. The van der Waals surface area contributed by atoms with Crippen molar-refractivity contribution in [1.29, 1.82) is 5.26 Å². The van der Waals surface area contributed by atoms with E-state index < -0.39 is 0 Å². The van der Waals surface area contributed by atoms with Crippen LogP contribution in [0, 0.1) is 11.3 Å². The molecule has 0 aliphatic rings. The standard InChI is InChI=1S/C21H20N4S2/c1-2-3-12-26-15-27-21-18(13-22)19(16-8-5-4-6-9-16)24-20(25-21)17-10-7-11-23-14-17/h4-11,14H,2-3,12,15H2,1H3. The van der Waals surface area contributed by atoms with Crippen LogP contribution in [0.2, 0.25) is 0 Å². The predicted molar refractivity (Wildman–Crippen MR) is 114 cm³/mol. The van der Waals surface area contributed by atoms with Gasteiger partial charge in [0, 0.05) is 28.6 Å². The minimum atomic E-state index is 0.537. The third kappa shape index (κ3) is 5.09. The van der Waals surface area contributed by atoms with Crippen LogP contribution >= 0.6 is 23.5 Å². The number of hydrogen-bond donors (Lipinski definition) is 0. The summed E-state index contributed by atoms with van der Waals surface area (Å²) in [5.41, 5.74) is 2.98. The van der Waals surface area contributed by atoms with Gasteiger partial charge in [-0.1, -0.05) is 55.4 Å². The normalized spacial score (nSPS) is 10.5. The number of pyridine rings is 1. The number of nitrogens with zero attached hydrogens (tertiary/aromatic N) is 4. The van der Waals surface area contributed by atoms with Crippen LogP contribution in [0.1, 0.15) is 25.3 Å². The first-order valence-corrected chi connectivity index (χ1v) is 11.0. The summed E-state index contributed by atoms with van der Waals surface area (Å²) in [6.07, 6.45) is 5.88. The van der Waals surface area contributed by atoms with Crippen molar-refractivity contribution in [1.82, 2.24) is 15.0 Å². The van der Waals surface area contributed by atoms with Gasteiger partial charge in [0.15, 0.2) is 5.82 Å². The zero-order valence-corrected chi connectivity index (χ0v) is 16.8. The Kier molecular flexibility index (Phi) is 7.26. The van der Waals surface area contributed by atoms with Crippen LogP contribution < -0.4 is 0 Å². The fraction of sp³-hybridized carbons (Fsp3) is 0.238. The van der Waals surface area contributed by atoms with Gasteiger partial charge in [0.05, 0.1) is 5.69 Å². The van der Waals surface area contributed by atoms with Crippen LogP contribution in [-0.4, -0.2) is 25.8 Å². The van der Waals surface area contributed by atoms with Crippen molar-refractivity contribution in [2.75, 3.05) is 10.8 Å². The van der Waals surface area contributed by atoms with Crippen LogP contribution in [0.3, 0.4) is 0 Å². The summed E-state index contributed by atoms with van der Waals surface area (Å²) in [5.74, 6) is 1.72. The summed E-state index contributed by atoms with van der Waals surface area (Å²) >= 11 is 3.48. The highest BCUT2D eigenvalue weighted by Crippen LogP contribution is 2.32. The van der Waals surface area contributed by atoms with Gasteiger partial charge in [0.2, 0.25) is 0 Å². The molecule has 0 spiro atoms. The van der Waals surface area contributed by atoms with Gasteiger partial charge in [-0.25, -0.2) is 9.97 Å². The molecule has 0 radical (unpaired) electrons. The molecule has 0 aliphatic carbocycles. The molecule has 3 aromatic rings. The zero-order valence-electron chi connectivity index (χ0n) is 15.1. The van der Waals surface area contributed by atoms with Crippen molar-refractivity contribution < 1.29 is 0 Å². The van der Waals surface area contributed by atoms with E-state index in [2.05, 4.69) is 18.0 Å². The molecule has 0 saturated heterocycles. The molecule has 0 N–H and O–H groups in total. The van der Waals surface area contributed by atoms with Crippen LogP contribution in [0.15, 0.2) is 59.9 Å². The van der Waals surface area contributed by atoms with E-state index in [0.717, 1.165) is 27.0 Å². The molecule has 4 nitrogen and oxygen atoms in total. The quantitative estimate of drug-likeness (QED) is 0.213. The lowest BCUT2D eigenvalue weighted by molar-refractivity contribution is 0.897. The second kappa shape index (κ2) is 10.1. The first kappa shape index (κ1) is 19.4. The molecular formula is C21H20N4S2. The lowest BCUT2D eigenvalue weighted by atomic mass is 10.1. The minimum Gasteiger partial charge on any atom is -0.264 e. The third-order valence-corrected chi connectivity index (χ3v) is 6.16. The molecule has 0 amide bonds. The van der Waals surface area contributed by atoms with E-state index in [4.69, 9.17) is 9.97 Å². The first-order valence-electron chi connectivity index (χ1n) is 8.82. The number of nitriles is 1. The van der Waals surface area contributed by atoms with Crippen molar-refractivity contribution in [2.45, 2.75) is 24.8 Å². The molecule has 27 heavy (non-hydrogen) atoms. The summed E-state index contributed by atoms with van der Waals surface area (Å²) in [7, 11) is 0. The Morgan fingerprint density at radius 1 is 1.04 bits per heavy atom. The van der Waals surface area contributed by atoms with E-state index in [1.54, 1.807) is 24.2 Å². The Bertz CT molecular complexity index is 909. The molecule has 0 saturated carbocycles. The van der Waals surface area contributed by atoms with Gasteiger partial charge < -0.3 is 0 Å². The van der Waals surface area contributed by atoms with E-state index in [1.165, 1.54) is 12.8 Å². The van der Waals surface area contributed by atoms with Gasteiger partial charge in [-0.3, -0.25) is 4.98 Å². The topological polar surface area (TPSA) is 62.5 Å². The highest BCUT2D eigenvalue weighted by atomic mass is 32.2. The number of unbranched alkanes of at least 4 members (excludes halogenated alkanes) is 1. The van der Waals surface area contributed by atoms with Crippen LogP contribution in [-0.2, 0) is 0 Å². The zero-order chi connectivity index (χ0) is 18.9. The summed E-state index contributed by atoms with van der Waals surface area (Å²) in [5, 5.41) is 11.4. The second-order valence-electron chi connectivity index (χ2n) is 5.82. The van der Waals surface area contributed by atoms with Crippen molar-refractivity contribution in [3.05, 3.63) is 60.4 Å². The largest absolute Gasteiger partial charge is 0.264 e. The van der Waals surface area contributed by atoms with E-state index in [1.807, 2.05) is 54.2 Å². The fourth-order valence-electron chi connectivity index (χ4n) is 2.48. The Morgan fingerprint density at radius 2 is 1.85 bits per heavy atom. The van der Waals surface area contributed by atoms with Crippen LogP contribution in [0.5, 0.6) is 0 Å². The summed E-state index contributed by atoms with van der Waals surface area (Å²) in [6.45, 7) is 2.19. The molecular weight excluding hydrogens is 372 g/mol. The monoisotopic (exact) mass is 392 g/mol. The maximum atomic E-state index is 9.80. The Hall–Kier alpha value is -2.36. The average molecular weight is 393 g/mol. The summed E-state index contributed by atoms with van der Waals surface area (Å²) in [4.78, 5) is 13.6. The molecule has 0 fully saturated rings. The molecule has 2 heterocycles. The van der Waals surface area contributed by atoms with Crippen molar-refractivity contribution in [2.24, 2.45) is 0 Å². The number of aromatic nitrogens is 3. The van der Waals surface area contributed by atoms with Gasteiger partial charge in [-0.15, -0.1) is 0 Å². The molecule has 6 heteroatoms. The maximum Gasteiger partial charge on any atom is 0.162 e. The maximum absolute atomic E-state index is 9.80. The highest BCUT2D eigenvalue weighted by Gasteiger charge is 2.17. The number of thioether (sulfide) groups is 2. The van der Waals surface area contributed by atoms with Gasteiger partial charge in [0.1, 0.15) is 16.7 Å². The minimum absolute atomic E-state index is 0.537. The highest BCUT2D eigenvalue weighted by molar-refractivity contribution is 8.15. The molecule has 0 atom stereocenters. The van der Waals surface area contributed by atoms with E-state index in [0.29, 0.717) is 17.1 Å². The van der Waals surface area contributed by atoms with Crippen molar-refractivity contribution in [3.63, 3.8) is 0 Å². The van der Waals surface area contributed by atoms with Crippen molar-refractivity contribution in [3.8, 4) is 28.7 Å². The lowest BCUT2D eigenvalue weighted by Gasteiger charge is -2.11. The van der Waals surface area contributed by atoms with Crippen molar-refractivity contribution >= 4 is 23.5 Å². The van der Waals surface area contributed by atoms with E-state index >= 15 is 0 Å². The molecule has 136 valence electrons. The number of benzene rings is 1. The lowest BCUT2D eigenvalue weighted by Crippen LogP contribution is -2.00. The number of rotatable bonds is 8. The van der Waals surface area contributed by atoms with E-state index in [9.17, 15) is 5.26 Å². The average Bonchev–Trinajstić information content (AvgIpc) is 2.74. The smallest absolute Gasteiger partial charge is 0.162 e. The van der Waals surface area contributed by atoms with Crippen LogP contribution in [0.25, 0.3) is 22.6 Å². The van der Waals surface area contributed by atoms with Gasteiger partial charge in [-0.2, -0.15) is 17.0 Å². The molecule has 1 aromatic carbocycles. The first-order chi connectivity index (χ1) is 13.3. The molecule has 3 rings (SSSR count). The predicted octanol–water partition coefficient (Wildman–Crippen LogP) is 5.66. The Balaban J connectivity index is 2.01. The van der Waals surface area contributed by atoms with E-state index in [-0.39, 0.29) is 0 Å². The van der Waals surface area contributed by atoms with Crippen LogP contribution in [0.4, 0.5) is 0 Å². The summed E-state index contributed by atoms with van der Waals surface area (Å²) in [6, 6.07) is 15.9. The van der Waals surface area contributed by atoms with Gasteiger partial charge in [0.25, 0.3) is 0 Å². The second-order valence-corrected chi connectivity index (χ2v) is 8.25. The van der Waals surface area contributed by atoms with Gasteiger partial charge >= 0.3 is 0 Å². The van der Waals surface area contributed by atoms with Gasteiger partial charge in [-0.05, 0) is 24.3 Å². The molecule has 2 aromatic heterocycles. The Labute approximate surface area is 168 Å². The third-order valence-electron chi connectivity index (χ3n) is 3.88. The fourth-order valence-corrected chi connectivity index (χ4v) is 4.66. The molecule has 0 bridgehead atoms.